The van der Waals surface area contributed by atoms with E-state index in [1.807, 2.05) is 17.5 Å². The van der Waals surface area contributed by atoms with Crippen molar-refractivity contribution in [2.24, 2.45) is 5.10 Å². The first kappa shape index (κ1) is 14.8. The van der Waals surface area contributed by atoms with Gasteiger partial charge >= 0.3 is 6.03 Å². The van der Waals surface area contributed by atoms with E-state index in [0.717, 1.165) is 4.88 Å². The van der Waals surface area contributed by atoms with E-state index < -0.39 is 11.9 Å². The minimum Gasteiger partial charge on any atom is -0.467 e. The summed E-state index contributed by atoms with van der Waals surface area (Å²) in [5, 5.41) is 10.7. The number of carbonyl (C=O) groups is 2. The third-order valence-electron chi connectivity index (χ3n) is 2.34. The van der Waals surface area contributed by atoms with E-state index in [1.54, 1.807) is 18.3 Å². The maximum Gasteiger partial charge on any atom is 0.315 e. The molecule has 0 aliphatic heterocycles. The van der Waals surface area contributed by atoms with Crippen molar-refractivity contribution in [3.05, 3.63) is 46.5 Å². The topological polar surface area (TPSA) is 95.7 Å². The van der Waals surface area contributed by atoms with Gasteiger partial charge in [-0.25, -0.2) is 10.2 Å². The fourth-order valence-corrected chi connectivity index (χ4v) is 1.96. The summed E-state index contributed by atoms with van der Waals surface area (Å²) in [6.45, 7) is 0.1000. The molecule has 0 bridgehead atoms. The lowest BCUT2D eigenvalue weighted by atomic mass is 10.4. The second-order valence-electron chi connectivity index (χ2n) is 3.92. The summed E-state index contributed by atoms with van der Waals surface area (Å²) in [6, 6.07) is 6.78. The number of hydrogen-bond acceptors (Lipinski definition) is 5. The van der Waals surface area contributed by atoms with Crippen molar-refractivity contribution in [3.63, 3.8) is 0 Å². The number of furan rings is 1. The molecule has 0 aromatic carbocycles. The Kier molecular flexibility index (Phi) is 5.53. The summed E-state index contributed by atoms with van der Waals surface area (Å²) in [6.07, 6.45) is 3.06. The number of urea groups is 1. The molecule has 3 amide bonds. The second-order valence-corrected chi connectivity index (χ2v) is 4.90. The van der Waals surface area contributed by atoms with Gasteiger partial charge in [0, 0.05) is 4.88 Å². The summed E-state index contributed by atoms with van der Waals surface area (Å²) >= 11 is 1.51. The van der Waals surface area contributed by atoms with E-state index in [9.17, 15) is 9.59 Å². The van der Waals surface area contributed by atoms with Gasteiger partial charge in [0.25, 0.3) is 5.91 Å². The molecule has 2 aromatic heterocycles. The first-order valence-electron chi connectivity index (χ1n) is 6.13. The maximum atomic E-state index is 11.4. The Labute approximate surface area is 125 Å². The van der Waals surface area contributed by atoms with E-state index in [-0.39, 0.29) is 13.1 Å². The minimum absolute atomic E-state index is 0.161. The largest absolute Gasteiger partial charge is 0.467 e. The van der Waals surface area contributed by atoms with Gasteiger partial charge in [-0.1, -0.05) is 6.07 Å². The van der Waals surface area contributed by atoms with E-state index in [4.69, 9.17) is 4.42 Å². The SMILES string of the molecule is O=C(CNC(=O)NCc1ccco1)NN=Cc1cccs1. The molecule has 0 aliphatic carbocycles. The predicted molar refractivity (Wildman–Crippen MR) is 79.0 cm³/mol. The zero-order chi connectivity index (χ0) is 14.9. The highest BCUT2D eigenvalue weighted by molar-refractivity contribution is 7.11. The lowest BCUT2D eigenvalue weighted by Gasteiger charge is -2.05. The third-order valence-corrected chi connectivity index (χ3v) is 3.14. The summed E-state index contributed by atoms with van der Waals surface area (Å²) in [5.74, 6) is 0.228. The molecule has 0 saturated carbocycles. The zero-order valence-corrected chi connectivity index (χ0v) is 11.9. The Hall–Kier alpha value is -2.61. The van der Waals surface area contributed by atoms with Crippen LogP contribution in [0.15, 0.2) is 45.4 Å². The molecule has 7 nitrogen and oxygen atoms in total. The highest BCUT2D eigenvalue weighted by Gasteiger charge is 2.04. The Morgan fingerprint density at radius 2 is 2.19 bits per heavy atom. The molecule has 0 saturated heterocycles. The van der Waals surface area contributed by atoms with Gasteiger partial charge in [0.15, 0.2) is 0 Å². The molecule has 0 radical (unpaired) electrons. The summed E-state index contributed by atoms with van der Waals surface area (Å²) < 4.78 is 5.06. The highest BCUT2D eigenvalue weighted by atomic mass is 32.1. The third kappa shape index (κ3) is 5.49. The van der Waals surface area contributed by atoms with E-state index in [0.29, 0.717) is 5.76 Å². The van der Waals surface area contributed by atoms with Crippen LogP contribution in [0.1, 0.15) is 10.6 Å². The molecule has 8 heteroatoms. The fourth-order valence-electron chi connectivity index (χ4n) is 1.38. The van der Waals surface area contributed by atoms with E-state index >= 15 is 0 Å². The molecule has 3 N–H and O–H groups in total. The number of hydrogen-bond donors (Lipinski definition) is 3. The van der Waals surface area contributed by atoms with Crippen LogP contribution in [0, 0.1) is 0 Å². The number of nitrogens with zero attached hydrogens (tertiary/aromatic N) is 1. The standard InChI is InChI=1S/C13H14N4O3S/c18-12(17-16-8-11-4-2-6-21-11)9-15-13(19)14-7-10-3-1-5-20-10/h1-6,8H,7,9H2,(H,17,18)(H2,14,15,19). The molecule has 2 aromatic rings. The summed E-state index contributed by atoms with van der Waals surface area (Å²) in [7, 11) is 0. The lowest BCUT2D eigenvalue weighted by molar-refractivity contribution is -0.120. The molecule has 0 fully saturated rings. The van der Waals surface area contributed by atoms with Gasteiger partial charge in [-0.2, -0.15) is 5.10 Å². The predicted octanol–water partition coefficient (Wildman–Crippen LogP) is 1.29. The Balaban J connectivity index is 1.60. The Bertz CT molecular complexity index is 593. The fraction of sp³-hybridized carbons (Fsp3) is 0.154. The number of rotatable bonds is 6. The van der Waals surface area contributed by atoms with Gasteiger partial charge in [-0.05, 0) is 23.6 Å². The van der Waals surface area contributed by atoms with Crippen LogP contribution in [0.2, 0.25) is 0 Å². The molecule has 0 aliphatic rings. The molecule has 2 rings (SSSR count). The smallest absolute Gasteiger partial charge is 0.315 e. The summed E-state index contributed by atoms with van der Waals surface area (Å²) in [4.78, 5) is 23.8. The van der Waals surface area contributed by atoms with Crippen molar-refractivity contribution in [1.82, 2.24) is 16.1 Å². The molecule has 0 unspecified atom stereocenters. The lowest BCUT2D eigenvalue weighted by Crippen LogP contribution is -2.40. The number of amides is 3. The average Bonchev–Trinajstić information content (AvgIpc) is 3.16. The van der Waals surface area contributed by atoms with E-state index in [1.165, 1.54) is 17.6 Å². The minimum atomic E-state index is -0.455. The van der Waals surface area contributed by atoms with Crippen LogP contribution in [0.4, 0.5) is 4.79 Å². The quantitative estimate of drug-likeness (QED) is 0.554. The zero-order valence-electron chi connectivity index (χ0n) is 11.0. The Morgan fingerprint density at radius 1 is 1.29 bits per heavy atom. The molecule has 21 heavy (non-hydrogen) atoms. The molecule has 110 valence electrons. The maximum absolute atomic E-state index is 11.4. The van der Waals surface area contributed by atoms with Crippen molar-refractivity contribution in [1.29, 1.82) is 0 Å². The number of carbonyl (C=O) groups excluding carboxylic acids is 2. The first-order valence-corrected chi connectivity index (χ1v) is 7.01. The molecular formula is C13H14N4O3S. The van der Waals surface area contributed by atoms with Crippen LogP contribution in [-0.2, 0) is 11.3 Å². The van der Waals surface area contributed by atoms with Crippen LogP contribution in [0.3, 0.4) is 0 Å². The van der Waals surface area contributed by atoms with Crippen molar-refractivity contribution >= 4 is 29.5 Å². The van der Waals surface area contributed by atoms with Crippen LogP contribution in [0.25, 0.3) is 0 Å². The van der Waals surface area contributed by atoms with E-state index in [2.05, 4.69) is 21.2 Å². The molecular weight excluding hydrogens is 292 g/mol. The molecule has 0 spiro atoms. The first-order chi connectivity index (χ1) is 10.2. The second kappa shape index (κ2) is 7.85. The Morgan fingerprint density at radius 3 is 2.90 bits per heavy atom. The summed E-state index contributed by atoms with van der Waals surface area (Å²) in [5.41, 5.74) is 2.32. The van der Waals surface area contributed by atoms with Gasteiger partial charge in [0.1, 0.15) is 12.3 Å². The molecule has 0 atom stereocenters. The van der Waals surface area contributed by atoms with Crippen LogP contribution in [-0.4, -0.2) is 24.7 Å². The monoisotopic (exact) mass is 306 g/mol. The van der Waals surface area contributed by atoms with Crippen LogP contribution >= 0.6 is 11.3 Å². The van der Waals surface area contributed by atoms with Gasteiger partial charge in [0.05, 0.1) is 19.0 Å². The van der Waals surface area contributed by atoms with Gasteiger partial charge < -0.3 is 15.1 Å². The van der Waals surface area contributed by atoms with Crippen LogP contribution in [0.5, 0.6) is 0 Å². The average molecular weight is 306 g/mol. The van der Waals surface area contributed by atoms with Gasteiger partial charge in [-0.15, -0.1) is 11.3 Å². The normalized spacial score (nSPS) is 10.5. The number of thiophene rings is 1. The number of nitrogens with one attached hydrogen (secondary N) is 3. The van der Waals surface area contributed by atoms with Crippen molar-refractivity contribution in [3.8, 4) is 0 Å². The highest BCUT2D eigenvalue weighted by Crippen LogP contribution is 2.03. The van der Waals surface area contributed by atoms with Crippen molar-refractivity contribution in [2.75, 3.05) is 6.54 Å². The van der Waals surface area contributed by atoms with Crippen molar-refractivity contribution in [2.45, 2.75) is 6.54 Å². The van der Waals surface area contributed by atoms with Gasteiger partial charge in [0.2, 0.25) is 0 Å². The molecule has 2 heterocycles. The van der Waals surface area contributed by atoms with Crippen molar-refractivity contribution < 1.29 is 14.0 Å². The van der Waals surface area contributed by atoms with Crippen LogP contribution < -0.4 is 16.1 Å². The number of hydrazone groups is 1. The van der Waals surface area contributed by atoms with Gasteiger partial charge in [-0.3, -0.25) is 4.79 Å².